The minimum atomic E-state index is -0.533. The summed E-state index contributed by atoms with van der Waals surface area (Å²) in [5, 5.41) is 5.00. The smallest absolute Gasteiger partial charge is 0.300 e. The van der Waals surface area contributed by atoms with Crippen LogP contribution in [0.1, 0.15) is 30.9 Å². The minimum Gasteiger partial charge on any atom is -0.300 e. The van der Waals surface area contributed by atoms with E-state index in [1.807, 2.05) is 47.8 Å². The van der Waals surface area contributed by atoms with Crippen molar-refractivity contribution < 1.29 is 4.79 Å². The van der Waals surface area contributed by atoms with Crippen molar-refractivity contribution in [1.29, 1.82) is 0 Å². The first kappa shape index (κ1) is 23.4. The number of rotatable bonds is 9. The highest BCUT2D eigenvalue weighted by Gasteiger charge is 2.13. The molecule has 1 amide bonds. The molecular weight excluding hydrogens is 448 g/mol. The Kier molecular flexibility index (Phi) is 7.49. The number of thiazole rings is 1. The Bertz CT molecular complexity index is 1370. The molecule has 0 radical (unpaired) electrons. The average molecular weight is 475 g/mol. The zero-order valence-corrected chi connectivity index (χ0v) is 19.8. The fourth-order valence-corrected chi connectivity index (χ4v) is 4.33. The third-order valence-corrected chi connectivity index (χ3v) is 6.21. The van der Waals surface area contributed by atoms with E-state index in [4.69, 9.17) is 0 Å². The highest BCUT2D eigenvalue weighted by Crippen LogP contribution is 2.25. The summed E-state index contributed by atoms with van der Waals surface area (Å²) >= 11 is 1.30. The molecule has 174 valence electrons. The van der Waals surface area contributed by atoms with Crippen molar-refractivity contribution in [3.63, 3.8) is 0 Å². The monoisotopic (exact) mass is 474 g/mol. The summed E-state index contributed by atoms with van der Waals surface area (Å²) < 4.78 is 2.34. The lowest BCUT2D eigenvalue weighted by molar-refractivity contribution is -0.116. The van der Waals surface area contributed by atoms with E-state index < -0.39 is 17.2 Å². The average Bonchev–Trinajstić information content (AvgIpc) is 3.31. The number of carbonyl (C=O) groups is 1. The number of nitrogens with zero attached hydrogens (tertiary/aromatic N) is 3. The quantitative estimate of drug-likeness (QED) is 0.395. The summed E-state index contributed by atoms with van der Waals surface area (Å²) in [5.41, 5.74) is 2.90. The minimum absolute atomic E-state index is 0.314. The van der Waals surface area contributed by atoms with Crippen LogP contribution in [0.4, 0.5) is 5.13 Å². The number of amides is 1. The molecule has 34 heavy (non-hydrogen) atoms. The van der Waals surface area contributed by atoms with Gasteiger partial charge in [0.2, 0.25) is 5.91 Å². The van der Waals surface area contributed by atoms with Gasteiger partial charge in [-0.3, -0.25) is 18.7 Å². The van der Waals surface area contributed by atoms with Crippen molar-refractivity contribution in [2.24, 2.45) is 0 Å². The van der Waals surface area contributed by atoms with Gasteiger partial charge in [-0.2, -0.15) is 0 Å². The number of nitrogens with one attached hydrogen (secondary N) is 1. The molecule has 0 aliphatic heterocycles. The van der Waals surface area contributed by atoms with Crippen LogP contribution in [-0.2, 0) is 24.3 Å². The summed E-state index contributed by atoms with van der Waals surface area (Å²) in [6, 6.07) is 19.0. The number of aryl methyl sites for hydroxylation is 1. The first-order valence-corrected chi connectivity index (χ1v) is 12.1. The van der Waals surface area contributed by atoms with Crippen LogP contribution in [0.2, 0.25) is 0 Å². The molecule has 0 atom stereocenters. The molecule has 0 saturated carbocycles. The van der Waals surface area contributed by atoms with Gasteiger partial charge in [-0.15, -0.1) is 11.3 Å². The molecule has 4 rings (SSSR count). The first-order valence-electron chi connectivity index (χ1n) is 11.2. The van der Waals surface area contributed by atoms with Gasteiger partial charge in [0.1, 0.15) is 6.54 Å². The highest BCUT2D eigenvalue weighted by molar-refractivity contribution is 7.14. The van der Waals surface area contributed by atoms with Gasteiger partial charge < -0.3 is 5.32 Å². The maximum Gasteiger partial charge on any atom is 0.331 e. The molecule has 0 spiro atoms. The van der Waals surface area contributed by atoms with Crippen molar-refractivity contribution in [1.82, 2.24) is 14.1 Å². The number of unbranched alkanes of at least 4 members (excludes halogenated alkanes) is 1. The van der Waals surface area contributed by atoms with Crippen molar-refractivity contribution in [3.05, 3.63) is 104 Å². The molecule has 7 nitrogen and oxygen atoms in total. The number of carbonyl (C=O) groups excluding carboxylic acids is 1. The fourth-order valence-electron chi connectivity index (χ4n) is 3.59. The van der Waals surface area contributed by atoms with E-state index in [2.05, 4.69) is 29.4 Å². The second kappa shape index (κ2) is 10.9. The van der Waals surface area contributed by atoms with Crippen LogP contribution >= 0.6 is 11.3 Å². The van der Waals surface area contributed by atoms with Gasteiger partial charge in [-0.1, -0.05) is 67.9 Å². The molecule has 2 aromatic carbocycles. The fraction of sp³-hybridized carbons (Fsp3) is 0.231. The number of benzene rings is 2. The van der Waals surface area contributed by atoms with Gasteiger partial charge in [0.15, 0.2) is 5.13 Å². The Hall–Kier alpha value is -3.78. The second-order valence-electron chi connectivity index (χ2n) is 8.02. The molecule has 2 aromatic heterocycles. The van der Waals surface area contributed by atoms with E-state index in [1.54, 1.807) is 0 Å². The van der Waals surface area contributed by atoms with Crippen LogP contribution in [0, 0.1) is 0 Å². The number of hydrogen-bond acceptors (Lipinski definition) is 5. The predicted octanol–water partition coefficient (Wildman–Crippen LogP) is 4.16. The molecule has 0 aliphatic carbocycles. The molecule has 0 bridgehead atoms. The van der Waals surface area contributed by atoms with Gasteiger partial charge in [0.05, 0.1) is 12.2 Å². The molecule has 0 saturated heterocycles. The molecule has 4 aromatic rings. The number of hydrogen-bond donors (Lipinski definition) is 1. The Morgan fingerprint density at radius 3 is 2.50 bits per heavy atom. The molecule has 1 N–H and O–H groups in total. The lowest BCUT2D eigenvalue weighted by Gasteiger charge is -2.09. The predicted molar refractivity (Wildman–Crippen MR) is 135 cm³/mol. The van der Waals surface area contributed by atoms with E-state index in [-0.39, 0.29) is 6.54 Å². The van der Waals surface area contributed by atoms with Crippen LogP contribution in [0.25, 0.3) is 11.3 Å². The van der Waals surface area contributed by atoms with Crippen LogP contribution in [-0.4, -0.2) is 20.0 Å². The number of anilines is 1. The van der Waals surface area contributed by atoms with E-state index >= 15 is 0 Å². The van der Waals surface area contributed by atoms with Crippen LogP contribution in [0.5, 0.6) is 0 Å². The summed E-state index contributed by atoms with van der Waals surface area (Å²) in [4.78, 5) is 42.2. The zero-order valence-electron chi connectivity index (χ0n) is 18.9. The van der Waals surface area contributed by atoms with Crippen LogP contribution < -0.4 is 16.6 Å². The lowest BCUT2D eigenvalue weighted by atomic mass is 10.1. The molecule has 2 heterocycles. The van der Waals surface area contributed by atoms with Crippen molar-refractivity contribution >= 4 is 22.4 Å². The largest absolute Gasteiger partial charge is 0.331 e. The summed E-state index contributed by atoms with van der Waals surface area (Å²) in [6.07, 6.45) is 4.83. The second-order valence-corrected chi connectivity index (χ2v) is 8.88. The SMILES string of the molecule is CCCCc1ccc(-c2csc(NC(=O)Cn3c(=O)ccn(Cc4ccccc4)c3=O)n2)cc1. The molecule has 8 heteroatoms. The van der Waals surface area contributed by atoms with E-state index in [0.717, 1.165) is 40.7 Å². The van der Waals surface area contributed by atoms with Crippen molar-refractivity contribution in [2.75, 3.05) is 5.32 Å². The zero-order chi connectivity index (χ0) is 23.9. The number of aromatic nitrogens is 3. The Morgan fingerprint density at radius 2 is 1.76 bits per heavy atom. The van der Waals surface area contributed by atoms with Gasteiger partial charge in [-0.05, 0) is 24.0 Å². The van der Waals surface area contributed by atoms with Gasteiger partial charge >= 0.3 is 5.69 Å². The molecule has 0 fully saturated rings. The van der Waals surface area contributed by atoms with E-state index in [1.165, 1.54) is 33.7 Å². The summed E-state index contributed by atoms with van der Waals surface area (Å²) in [7, 11) is 0. The molecule has 0 unspecified atom stereocenters. The molecule has 0 aliphatic rings. The normalized spacial score (nSPS) is 10.9. The van der Waals surface area contributed by atoms with Gasteiger partial charge in [-0.25, -0.2) is 9.78 Å². The third kappa shape index (κ3) is 5.77. The first-order chi connectivity index (χ1) is 16.5. The summed E-state index contributed by atoms with van der Waals surface area (Å²) in [6.45, 7) is 2.11. The highest BCUT2D eigenvalue weighted by atomic mass is 32.1. The summed E-state index contributed by atoms with van der Waals surface area (Å²) in [5.74, 6) is -0.479. The van der Waals surface area contributed by atoms with Crippen molar-refractivity contribution in [3.8, 4) is 11.3 Å². The topological polar surface area (TPSA) is 86.0 Å². The van der Waals surface area contributed by atoms with E-state index in [9.17, 15) is 14.4 Å². The van der Waals surface area contributed by atoms with E-state index in [0.29, 0.717) is 11.7 Å². The Labute approximate surface area is 201 Å². The maximum atomic E-state index is 12.8. The Morgan fingerprint density at radius 1 is 1.00 bits per heavy atom. The lowest BCUT2D eigenvalue weighted by Crippen LogP contribution is -2.41. The van der Waals surface area contributed by atoms with Gasteiger partial charge in [0.25, 0.3) is 5.56 Å². The van der Waals surface area contributed by atoms with Crippen LogP contribution in [0.3, 0.4) is 0 Å². The van der Waals surface area contributed by atoms with Crippen LogP contribution in [0.15, 0.2) is 81.8 Å². The Balaban J connectivity index is 1.43. The standard InChI is InChI=1S/C26H26N4O3S/c1-2-3-7-19-10-12-21(13-11-19)22-18-34-25(27-22)28-23(31)17-30-24(32)14-15-29(26(30)33)16-20-8-5-4-6-9-20/h4-6,8-15,18H,2-3,7,16-17H2,1H3,(H,27,28,31). The van der Waals surface area contributed by atoms with Crippen molar-refractivity contribution in [2.45, 2.75) is 39.3 Å². The maximum absolute atomic E-state index is 12.8. The molecular formula is C26H26N4O3S. The third-order valence-electron chi connectivity index (χ3n) is 5.46. The van der Waals surface area contributed by atoms with Gasteiger partial charge in [0, 0.05) is 23.2 Å².